The molecule has 0 spiro atoms. The lowest BCUT2D eigenvalue weighted by molar-refractivity contribution is 0.515. The molecule has 0 rings (SSSR count). The second-order valence-corrected chi connectivity index (χ2v) is 11.5. The van der Waals surface area contributed by atoms with Gasteiger partial charge in [0.1, 0.15) is 0 Å². The summed E-state index contributed by atoms with van der Waals surface area (Å²) in [5.74, 6) is 1.07. The predicted octanol–water partition coefficient (Wildman–Crippen LogP) is 11.9. The van der Waals surface area contributed by atoms with Gasteiger partial charge in [0.25, 0.3) is 0 Å². The molecule has 0 bridgehead atoms. The minimum atomic E-state index is 1.07. The van der Waals surface area contributed by atoms with Crippen molar-refractivity contribution < 1.29 is 0 Å². The quantitative estimate of drug-likeness (QED) is 0.0414. The molecular formula is C29H59IS. The lowest BCUT2D eigenvalue weighted by atomic mass is 10.0. The number of hydrogen-bond acceptors (Lipinski definition) is 1. The van der Waals surface area contributed by atoms with Crippen LogP contribution in [0.15, 0.2) is 0 Å². The molecular weight excluding hydrogens is 507 g/mol. The molecule has 0 saturated heterocycles. The van der Waals surface area contributed by atoms with E-state index in [1.54, 1.807) is 0 Å². The lowest BCUT2D eigenvalue weighted by Gasteiger charge is -2.04. The smallest absolute Gasteiger partial charge is 0.000473 e. The Hall–Kier alpha value is 1.08. The molecule has 0 aromatic rings. The molecule has 0 aliphatic carbocycles. The van der Waals surface area contributed by atoms with E-state index in [0.29, 0.717) is 0 Å². The van der Waals surface area contributed by atoms with Gasteiger partial charge in [-0.1, -0.05) is 183 Å². The van der Waals surface area contributed by atoms with Crippen LogP contribution < -0.4 is 0 Å². The molecule has 0 saturated carbocycles. The van der Waals surface area contributed by atoms with E-state index in [-0.39, 0.29) is 0 Å². The second kappa shape index (κ2) is 31.1. The standard InChI is InChI=1S/C29H59IS/c30-28-26-24-22-20-18-16-14-12-10-8-6-4-2-1-3-5-7-9-11-13-15-17-19-21-23-25-27-29-31/h31H,1-29H2. The fraction of sp³-hybridized carbons (Fsp3) is 1.00. The van der Waals surface area contributed by atoms with Gasteiger partial charge in [-0.3, -0.25) is 0 Å². The highest BCUT2D eigenvalue weighted by Gasteiger charge is 1.96. The van der Waals surface area contributed by atoms with Crippen molar-refractivity contribution in [2.45, 2.75) is 173 Å². The Labute approximate surface area is 217 Å². The van der Waals surface area contributed by atoms with Crippen LogP contribution in [0.1, 0.15) is 173 Å². The summed E-state index contributed by atoms with van der Waals surface area (Å²) in [5, 5.41) is 0. The van der Waals surface area contributed by atoms with Crippen LogP contribution in [0, 0.1) is 0 Å². The summed E-state index contributed by atoms with van der Waals surface area (Å²) >= 11 is 6.78. The molecule has 0 aromatic carbocycles. The topological polar surface area (TPSA) is 0 Å². The fourth-order valence-electron chi connectivity index (χ4n) is 4.63. The number of unbranched alkanes of at least 4 members (excludes halogenated alkanes) is 26. The summed E-state index contributed by atoms with van der Waals surface area (Å²) in [7, 11) is 0. The van der Waals surface area contributed by atoms with Crippen molar-refractivity contribution in [3.05, 3.63) is 0 Å². The Morgan fingerprint density at radius 2 is 0.419 bits per heavy atom. The van der Waals surface area contributed by atoms with Gasteiger partial charge in [-0.15, -0.1) is 0 Å². The van der Waals surface area contributed by atoms with Gasteiger partial charge in [0.05, 0.1) is 0 Å². The summed E-state index contributed by atoms with van der Waals surface area (Å²) in [6.07, 6.45) is 39.7. The van der Waals surface area contributed by atoms with Crippen molar-refractivity contribution in [2.75, 3.05) is 10.2 Å². The van der Waals surface area contributed by atoms with Crippen molar-refractivity contribution in [3.63, 3.8) is 0 Å². The van der Waals surface area contributed by atoms with Crippen molar-refractivity contribution in [2.24, 2.45) is 0 Å². The number of rotatable bonds is 28. The van der Waals surface area contributed by atoms with Crippen molar-refractivity contribution in [1.82, 2.24) is 0 Å². The van der Waals surface area contributed by atoms with E-state index in [9.17, 15) is 0 Å². The molecule has 2 heteroatoms. The van der Waals surface area contributed by atoms with E-state index < -0.39 is 0 Å². The Balaban J connectivity index is 2.98. The maximum Gasteiger partial charge on any atom is -0.000473 e. The first-order chi connectivity index (χ1) is 15.4. The predicted molar refractivity (Wildman–Crippen MR) is 157 cm³/mol. The largest absolute Gasteiger partial charge is 0.179 e. The Morgan fingerprint density at radius 3 is 0.581 bits per heavy atom. The first-order valence-corrected chi connectivity index (χ1v) is 16.7. The van der Waals surface area contributed by atoms with E-state index >= 15 is 0 Å². The maximum atomic E-state index is 4.28. The third-order valence-electron chi connectivity index (χ3n) is 6.79. The second-order valence-electron chi connectivity index (χ2n) is 9.96. The minimum Gasteiger partial charge on any atom is -0.179 e. The van der Waals surface area contributed by atoms with Crippen molar-refractivity contribution in [3.8, 4) is 0 Å². The summed E-state index contributed by atoms with van der Waals surface area (Å²) < 4.78 is 1.34. The molecule has 188 valence electrons. The fourth-order valence-corrected chi connectivity index (χ4v) is 5.39. The summed E-state index contributed by atoms with van der Waals surface area (Å²) in [5.41, 5.74) is 0. The van der Waals surface area contributed by atoms with Gasteiger partial charge in [-0.2, -0.15) is 12.6 Å². The summed E-state index contributed by atoms with van der Waals surface area (Å²) in [4.78, 5) is 0. The Morgan fingerprint density at radius 1 is 0.258 bits per heavy atom. The molecule has 0 aliphatic heterocycles. The molecule has 0 fully saturated rings. The SMILES string of the molecule is SCCCCCCCCCCCCCCCCCCCCCCCCCCCCCI. The van der Waals surface area contributed by atoms with Crippen LogP contribution in [0.25, 0.3) is 0 Å². The van der Waals surface area contributed by atoms with E-state index in [2.05, 4.69) is 35.2 Å². The van der Waals surface area contributed by atoms with Crippen LogP contribution in [-0.2, 0) is 0 Å². The molecule has 0 radical (unpaired) electrons. The zero-order valence-corrected chi connectivity index (χ0v) is 24.4. The van der Waals surface area contributed by atoms with E-state index in [0.717, 1.165) is 5.75 Å². The molecule has 0 aliphatic rings. The zero-order valence-electron chi connectivity index (χ0n) is 21.3. The molecule has 0 unspecified atom stereocenters. The molecule has 0 heterocycles. The average Bonchev–Trinajstić information content (AvgIpc) is 2.78. The average molecular weight is 567 g/mol. The first kappa shape index (κ1) is 32.1. The summed E-state index contributed by atoms with van der Waals surface area (Å²) in [6.45, 7) is 0. The van der Waals surface area contributed by atoms with Gasteiger partial charge in [0.15, 0.2) is 0 Å². The van der Waals surface area contributed by atoms with Crippen LogP contribution in [0.3, 0.4) is 0 Å². The summed E-state index contributed by atoms with van der Waals surface area (Å²) in [6, 6.07) is 0. The normalized spacial score (nSPS) is 11.4. The number of hydrogen-bond donors (Lipinski definition) is 1. The number of alkyl halides is 1. The van der Waals surface area contributed by atoms with Gasteiger partial charge in [-0.25, -0.2) is 0 Å². The molecule has 0 nitrogen and oxygen atoms in total. The maximum absolute atomic E-state index is 4.28. The van der Waals surface area contributed by atoms with Gasteiger partial charge < -0.3 is 0 Å². The molecule has 0 atom stereocenters. The highest BCUT2D eigenvalue weighted by Crippen LogP contribution is 2.16. The zero-order chi connectivity index (χ0) is 22.5. The van der Waals surface area contributed by atoms with Crippen LogP contribution in [0.4, 0.5) is 0 Å². The first-order valence-electron chi connectivity index (χ1n) is 14.6. The lowest BCUT2D eigenvalue weighted by Crippen LogP contribution is -1.85. The Bertz CT molecular complexity index is 266. The third kappa shape index (κ3) is 31.1. The molecule has 31 heavy (non-hydrogen) atoms. The minimum absolute atomic E-state index is 1.07. The van der Waals surface area contributed by atoms with Crippen LogP contribution >= 0.6 is 35.2 Å². The monoisotopic (exact) mass is 566 g/mol. The van der Waals surface area contributed by atoms with E-state index in [1.165, 1.54) is 178 Å². The molecule has 0 amide bonds. The Kier molecular flexibility index (Phi) is 32.2. The highest BCUT2D eigenvalue weighted by molar-refractivity contribution is 14.1. The third-order valence-corrected chi connectivity index (χ3v) is 7.87. The van der Waals surface area contributed by atoms with Crippen LogP contribution in [-0.4, -0.2) is 10.2 Å². The molecule has 0 aromatic heterocycles. The van der Waals surface area contributed by atoms with Gasteiger partial charge >= 0.3 is 0 Å². The van der Waals surface area contributed by atoms with Crippen LogP contribution in [0.5, 0.6) is 0 Å². The number of halogens is 1. The van der Waals surface area contributed by atoms with E-state index in [1.807, 2.05) is 0 Å². The van der Waals surface area contributed by atoms with E-state index in [4.69, 9.17) is 0 Å². The van der Waals surface area contributed by atoms with Crippen molar-refractivity contribution in [1.29, 1.82) is 0 Å². The molecule has 0 N–H and O–H groups in total. The van der Waals surface area contributed by atoms with Gasteiger partial charge in [-0.05, 0) is 23.0 Å². The van der Waals surface area contributed by atoms with Crippen molar-refractivity contribution >= 4 is 35.2 Å². The van der Waals surface area contributed by atoms with Crippen LogP contribution in [0.2, 0.25) is 0 Å². The van der Waals surface area contributed by atoms with Gasteiger partial charge in [0.2, 0.25) is 0 Å². The number of thiol groups is 1. The highest BCUT2D eigenvalue weighted by atomic mass is 127. The van der Waals surface area contributed by atoms with Gasteiger partial charge in [0, 0.05) is 0 Å².